The van der Waals surface area contributed by atoms with Gasteiger partial charge in [0.05, 0.1) is 27.5 Å². The Morgan fingerprint density at radius 3 is 2.50 bits per heavy atom. The Bertz CT molecular complexity index is 1410. The number of aromatic nitrogens is 3. The molecule has 2 heterocycles. The quantitative estimate of drug-likeness (QED) is 0.319. The summed E-state index contributed by atoms with van der Waals surface area (Å²) in [6, 6.07) is 21.8. The molecule has 0 fully saturated rings. The number of para-hydroxylation sites is 4. The second kappa shape index (κ2) is 7.42. The van der Waals surface area contributed by atoms with Crippen molar-refractivity contribution in [3.8, 4) is 0 Å². The first-order chi connectivity index (χ1) is 14.6. The predicted octanol–water partition coefficient (Wildman–Crippen LogP) is 5.29. The van der Waals surface area contributed by atoms with E-state index in [-0.39, 0.29) is 11.6 Å². The molecular weight excluding hydrogens is 399 g/mol. The number of anilines is 1. The van der Waals surface area contributed by atoms with Crippen molar-refractivity contribution in [2.75, 3.05) is 5.32 Å². The van der Waals surface area contributed by atoms with Crippen LogP contribution in [0.15, 0.2) is 78.0 Å². The Hall–Kier alpha value is -3.45. The van der Waals surface area contributed by atoms with Gasteiger partial charge in [0, 0.05) is 5.39 Å². The number of carbonyl (C=O) groups excluding carboxylic acids is 1. The molecule has 30 heavy (non-hydrogen) atoms. The molecule has 2 aromatic heterocycles. The maximum Gasteiger partial charge on any atom is 0.237 e. The second-order valence-corrected chi connectivity index (χ2v) is 8.21. The molecule has 0 bridgehead atoms. The van der Waals surface area contributed by atoms with E-state index < -0.39 is 11.1 Å². The van der Waals surface area contributed by atoms with E-state index in [2.05, 4.69) is 5.32 Å². The van der Waals surface area contributed by atoms with E-state index in [0.29, 0.717) is 5.16 Å². The second-order valence-electron chi connectivity index (χ2n) is 6.90. The van der Waals surface area contributed by atoms with Gasteiger partial charge in [-0.15, -0.1) is 0 Å². The van der Waals surface area contributed by atoms with E-state index in [9.17, 15) is 9.18 Å². The van der Waals surface area contributed by atoms with Gasteiger partial charge in [0.2, 0.25) is 5.91 Å². The number of nitrogens with zero attached hydrogens (tertiary/aromatic N) is 3. The molecule has 1 atom stereocenters. The summed E-state index contributed by atoms with van der Waals surface area (Å²) in [6.45, 7) is 1.78. The van der Waals surface area contributed by atoms with Crippen LogP contribution in [0.3, 0.4) is 0 Å². The summed E-state index contributed by atoms with van der Waals surface area (Å²) < 4.78 is 15.9. The summed E-state index contributed by atoms with van der Waals surface area (Å²) >= 11 is 1.32. The van der Waals surface area contributed by atoms with Gasteiger partial charge < -0.3 is 5.32 Å². The third kappa shape index (κ3) is 3.17. The molecule has 0 aliphatic rings. The highest BCUT2D eigenvalue weighted by Crippen LogP contribution is 2.31. The van der Waals surface area contributed by atoms with Crippen molar-refractivity contribution in [3.63, 3.8) is 0 Å². The van der Waals surface area contributed by atoms with Gasteiger partial charge in [-0.2, -0.15) is 0 Å². The van der Waals surface area contributed by atoms with Crippen LogP contribution in [-0.2, 0) is 4.79 Å². The van der Waals surface area contributed by atoms with Gasteiger partial charge in [0.15, 0.2) is 5.16 Å². The third-order valence-corrected chi connectivity index (χ3v) is 5.95. The lowest BCUT2D eigenvalue weighted by Crippen LogP contribution is -2.23. The fourth-order valence-corrected chi connectivity index (χ4v) is 4.32. The number of hydrogen-bond donors (Lipinski definition) is 1. The van der Waals surface area contributed by atoms with Crippen LogP contribution in [0.25, 0.3) is 27.6 Å². The number of halogens is 1. The number of nitrogens with one attached hydrogen (secondary N) is 1. The molecule has 3 aromatic carbocycles. The minimum absolute atomic E-state index is 0.166. The molecule has 0 spiro atoms. The van der Waals surface area contributed by atoms with E-state index in [1.165, 1.54) is 17.8 Å². The van der Waals surface area contributed by atoms with Crippen LogP contribution in [0.5, 0.6) is 0 Å². The van der Waals surface area contributed by atoms with Crippen molar-refractivity contribution >= 4 is 50.9 Å². The number of imidazole rings is 1. The van der Waals surface area contributed by atoms with E-state index >= 15 is 0 Å². The Morgan fingerprint density at radius 1 is 0.967 bits per heavy atom. The first kappa shape index (κ1) is 18.6. The number of amides is 1. The standard InChI is InChI=1S/C23H17FN4OS/c1-14(22(29)26-18-11-5-3-9-16(18)24)30-23-27-17-10-4-2-8-15(17)21-25-19-12-6-7-13-20(19)28(21)23/h2-14H,1H3,(H,26,29). The van der Waals surface area contributed by atoms with Gasteiger partial charge in [-0.05, 0) is 43.3 Å². The van der Waals surface area contributed by atoms with Crippen molar-refractivity contribution < 1.29 is 9.18 Å². The van der Waals surface area contributed by atoms with Crippen LogP contribution in [0.2, 0.25) is 0 Å². The minimum Gasteiger partial charge on any atom is -0.323 e. The van der Waals surface area contributed by atoms with Crippen molar-refractivity contribution in [2.45, 2.75) is 17.3 Å². The van der Waals surface area contributed by atoms with Gasteiger partial charge in [-0.1, -0.05) is 48.2 Å². The Morgan fingerprint density at radius 2 is 1.67 bits per heavy atom. The molecule has 1 N–H and O–H groups in total. The third-order valence-electron chi connectivity index (χ3n) is 4.90. The fourth-order valence-electron chi connectivity index (χ4n) is 3.40. The van der Waals surface area contributed by atoms with E-state index in [1.54, 1.807) is 25.1 Å². The van der Waals surface area contributed by atoms with Crippen molar-refractivity contribution in [3.05, 3.63) is 78.6 Å². The van der Waals surface area contributed by atoms with E-state index in [0.717, 1.165) is 27.6 Å². The average molecular weight is 416 g/mol. The number of benzene rings is 3. The monoisotopic (exact) mass is 416 g/mol. The molecule has 7 heteroatoms. The highest BCUT2D eigenvalue weighted by atomic mass is 32.2. The number of rotatable bonds is 4. The van der Waals surface area contributed by atoms with E-state index in [4.69, 9.17) is 9.97 Å². The number of hydrogen-bond acceptors (Lipinski definition) is 4. The summed E-state index contributed by atoms with van der Waals surface area (Å²) in [4.78, 5) is 22.3. The smallest absolute Gasteiger partial charge is 0.237 e. The van der Waals surface area contributed by atoms with Gasteiger partial charge in [-0.25, -0.2) is 14.4 Å². The highest BCUT2D eigenvalue weighted by Gasteiger charge is 2.21. The molecule has 148 valence electrons. The highest BCUT2D eigenvalue weighted by molar-refractivity contribution is 8.00. The van der Waals surface area contributed by atoms with Gasteiger partial charge in [0.1, 0.15) is 11.5 Å². The summed E-state index contributed by atoms with van der Waals surface area (Å²) in [7, 11) is 0. The normalized spacial score (nSPS) is 12.5. The lowest BCUT2D eigenvalue weighted by molar-refractivity contribution is -0.115. The molecule has 1 amide bonds. The molecule has 0 radical (unpaired) electrons. The van der Waals surface area contributed by atoms with Gasteiger partial charge in [0.25, 0.3) is 0 Å². The largest absolute Gasteiger partial charge is 0.323 e. The van der Waals surface area contributed by atoms with Crippen molar-refractivity contribution in [2.24, 2.45) is 0 Å². The van der Waals surface area contributed by atoms with Gasteiger partial charge in [-0.3, -0.25) is 9.20 Å². The maximum absolute atomic E-state index is 13.9. The fraction of sp³-hybridized carbons (Fsp3) is 0.0870. The summed E-state index contributed by atoms with van der Waals surface area (Å²) in [5.41, 5.74) is 3.56. The zero-order valence-electron chi connectivity index (χ0n) is 16.0. The molecular formula is C23H17FN4OS. The molecule has 5 aromatic rings. The first-order valence-corrected chi connectivity index (χ1v) is 10.4. The first-order valence-electron chi connectivity index (χ1n) is 9.50. The van der Waals surface area contributed by atoms with Crippen LogP contribution >= 0.6 is 11.8 Å². The molecule has 0 saturated heterocycles. The van der Waals surface area contributed by atoms with Crippen LogP contribution < -0.4 is 5.32 Å². The van der Waals surface area contributed by atoms with Crippen LogP contribution in [0, 0.1) is 5.82 Å². The lowest BCUT2D eigenvalue weighted by atomic mass is 10.2. The SMILES string of the molecule is CC(Sc1nc2ccccc2c2nc3ccccc3n12)C(=O)Nc1ccccc1F. The maximum atomic E-state index is 13.9. The topological polar surface area (TPSA) is 59.3 Å². The predicted molar refractivity (Wildman–Crippen MR) is 118 cm³/mol. The Balaban J connectivity index is 1.57. The average Bonchev–Trinajstić information content (AvgIpc) is 3.15. The Kier molecular flexibility index (Phi) is 4.59. The molecule has 1 unspecified atom stereocenters. The van der Waals surface area contributed by atoms with Crippen molar-refractivity contribution in [1.29, 1.82) is 0 Å². The summed E-state index contributed by atoms with van der Waals surface area (Å²) in [5.74, 6) is -0.757. The zero-order chi connectivity index (χ0) is 20.7. The summed E-state index contributed by atoms with van der Waals surface area (Å²) in [5, 5.41) is 3.77. The molecule has 5 nitrogen and oxygen atoms in total. The van der Waals surface area contributed by atoms with Crippen molar-refractivity contribution in [1.82, 2.24) is 14.4 Å². The Labute approximate surface area is 176 Å². The lowest BCUT2D eigenvalue weighted by Gasteiger charge is -2.14. The summed E-state index contributed by atoms with van der Waals surface area (Å²) in [6.07, 6.45) is 0. The molecule has 0 saturated carbocycles. The zero-order valence-corrected chi connectivity index (χ0v) is 16.9. The van der Waals surface area contributed by atoms with E-state index in [1.807, 2.05) is 52.9 Å². The number of carbonyl (C=O) groups is 1. The van der Waals surface area contributed by atoms with Gasteiger partial charge >= 0.3 is 0 Å². The number of fused-ring (bicyclic) bond motifs is 5. The molecule has 0 aliphatic heterocycles. The minimum atomic E-state index is -0.498. The number of thioether (sulfide) groups is 1. The molecule has 0 aliphatic carbocycles. The van der Waals surface area contributed by atoms with Crippen LogP contribution in [0.1, 0.15) is 6.92 Å². The van der Waals surface area contributed by atoms with Crippen LogP contribution in [-0.4, -0.2) is 25.5 Å². The molecule has 5 rings (SSSR count). The van der Waals surface area contributed by atoms with Crippen LogP contribution in [0.4, 0.5) is 10.1 Å².